The molecular weight excluding hydrogens is 819 g/mol. The van der Waals surface area contributed by atoms with Crippen LogP contribution >= 0.6 is 35.8 Å². The van der Waals surface area contributed by atoms with E-state index in [1.807, 2.05) is 13.0 Å². The summed E-state index contributed by atoms with van der Waals surface area (Å²) in [7, 11) is -7.13. The van der Waals surface area contributed by atoms with Gasteiger partial charge in [0.25, 0.3) is 0 Å². The van der Waals surface area contributed by atoms with Crippen LogP contribution in [-0.4, -0.2) is 49.9 Å². The smallest absolute Gasteiger partial charge is 0.433 e. The van der Waals surface area contributed by atoms with E-state index >= 15 is 0 Å². The van der Waals surface area contributed by atoms with Gasteiger partial charge in [0, 0.05) is 20.9 Å². The third-order valence-electron chi connectivity index (χ3n) is 6.64. The van der Waals surface area contributed by atoms with Crippen molar-refractivity contribution in [1.29, 1.82) is 0 Å². The number of phenolic OH excluding ortho intramolecular Hbond substituents is 1. The van der Waals surface area contributed by atoms with Gasteiger partial charge in [-0.25, -0.2) is 18.9 Å². The molecule has 0 aromatic heterocycles. The molecule has 0 bridgehead atoms. The Morgan fingerprint density at radius 1 is 0.833 bits per heavy atom. The number of nitrogen functional groups attached to an aromatic ring is 1. The summed E-state index contributed by atoms with van der Waals surface area (Å²) in [6.45, 7) is 1.86. The maximum Gasteiger partial charge on any atom is 0.433 e. The van der Waals surface area contributed by atoms with E-state index in [4.69, 9.17) is 25.5 Å². The van der Waals surface area contributed by atoms with E-state index in [0.29, 0.717) is 41.8 Å². The molecule has 0 heterocycles. The molecule has 0 spiro atoms. The summed E-state index contributed by atoms with van der Waals surface area (Å²) in [5, 5.41) is 56.1. The van der Waals surface area contributed by atoms with Crippen LogP contribution in [0, 0.1) is 11.4 Å². The van der Waals surface area contributed by atoms with Crippen LogP contribution in [0.25, 0.3) is 10.8 Å². The number of phenols is 1. The van der Waals surface area contributed by atoms with Gasteiger partial charge in [-0.2, -0.15) is 8.42 Å². The van der Waals surface area contributed by atoms with Crippen LogP contribution in [0.15, 0.2) is 94.6 Å². The lowest BCUT2D eigenvalue weighted by Crippen LogP contribution is -2.06. The second-order valence-electron chi connectivity index (χ2n) is 10.0. The highest BCUT2D eigenvalue weighted by atomic mass is 32.3. The van der Waals surface area contributed by atoms with Gasteiger partial charge < -0.3 is 15.6 Å². The van der Waals surface area contributed by atoms with Crippen molar-refractivity contribution in [3.05, 3.63) is 54.6 Å². The van der Waals surface area contributed by atoms with Gasteiger partial charge in [-0.1, -0.05) is 23.4 Å². The van der Waals surface area contributed by atoms with Crippen molar-refractivity contribution in [2.24, 2.45) is 20.5 Å². The number of unbranched alkanes of at least 4 members (excludes halogenated alkanes) is 1. The number of ether oxygens (including phenoxy) is 1. The van der Waals surface area contributed by atoms with Crippen molar-refractivity contribution < 1.29 is 69.7 Å². The number of hydrogen-bond acceptors (Lipinski definition) is 22. The Balaban J connectivity index is 1.75. The number of thioether (sulfide) groups is 1. The summed E-state index contributed by atoms with van der Waals surface area (Å²) >= 11 is 1.77. The molecule has 0 aliphatic rings. The molecule has 0 atom stereocenters. The number of fused-ring (bicyclic) bond motifs is 1. The van der Waals surface area contributed by atoms with Crippen LogP contribution in [0.1, 0.15) is 19.8 Å². The molecule has 0 aliphatic carbocycles. The van der Waals surface area contributed by atoms with E-state index < -0.39 is 26.0 Å². The number of rotatable bonds is 18. The van der Waals surface area contributed by atoms with E-state index in [1.54, 1.807) is 6.07 Å². The molecule has 0 aliphatic heterocycles. The monoisotopic (exact) mass is 845 g/mol. The van der Waals surface area contributed by atoms with Crippen LogP contribution in [0.2, 0.25) is 0 Å². The summed E-state index contributed by atoms with van der Waals surface area (Å²) in [6, 6.07) is 12.9. The molecule has 0 saturated heterocycles. The molecule has 288 valence electrons. The molecule has 0 saturated carbocycles. The average Bonchev–Trinajstić information content (AvgIpc) is 3.14. The number of aromatic hydroxyl groups is 1. The Kier molecular flexibility index (Phi) is 15.6. The fourth-order valence-corrected chi connectivity index (χ4v) is 7.39. The van der Waals surface area contributed by atoms with Crippen LogP contribution in [0.5, 0.6) is 11.5 Å². The molecule has 54 heavy (non-hydrogen) atoms. The minimum absolute atomic E-state index is 0.0155. The predicted octanol–water partition coefficient (Wildman–Crippen LogP) is 8.16. The highest BCUT2D eigenvalue weighted by molar-refractivity contribution is 8.04. The van der Waals surface area contributed by atoms with Gasteiger partial charge in [-0.15, -0.1) is 29.1 Å². The van der Waals surface area contributed by atoms with Crippen LogP contribution in [0.4, 0.5) is 28.4 Å². The zero-order valence-corrected chi connectivity index (χ0v) is 31.6. The number of nitrogens with zero attached hydrogens (tertiary/aromatic N) is 4. The van der Waals surface area contributed by atoms with Crippen LogP contribution < -0.4 is 10.5 Å². The molecular formula is C29H27N5O15S5. The Labute approximate surface area is 319 Å². The topological polar surface area (TPSA) is 289 Å². The summed E-state index contributed by atoms with van der Waals surface area (Å²) in [6.07, 6.45) is 3.03. The normalized spacial score (nSPS) is 12.0. The fourth-order valence-electron chi connectivity index (χ4n) is 4.26. The van der Waals surface area contributed by atoms with Gasteiger partial charge in [-0.05, 0) is 77.1 Å². The first kappa shape index (κ1) is 42.5. The molecule has 6 N–H and O–H groups in total. The number of hydrogen-bond donors (Lipinski definition) is 5. The van der Waals surface area contributed by atoms with Crippen molar-refractivity contribution in [3.63, 3.8) is 0 Å². The molecule has 25 heteroatoms. The van der Waals surface area contributed by atoms with Crippen molar-refractivity contribution in [2.75, 3.05) is 18.6 Å². The molecule has 4 aromatic carbocycles. The molecule has 4 aromatic rings. The molecule has 0 amide bonds. The quantitative estimate of drug-likeness (QED) is 0.00922. The summed E-state index contributed by atoms with van der Waals surface area (Å²) in [4.78, 5) is 4.67. The van der Waals surface area contributed by atoms with E-state index in [2.05, 4.69) is 53.7 Å². The van der Waals surface area contributed by atoms with E-state index in [0.717, 1.165) is 11.8 Å². The Hall–Kier alpha value is -4.27. The number of sulfone groups is 1. The van der Waals surface area contributed by atoms with Crippen molar-refractivity contribution in [2.45, 2.75) is 39.3 Å². The number of methoxy groups -OCH3 is 1. The summed E-state index contributed by atoms with van der Waals surface area (Å²) in [5.41, 5.74) is 6.51. The molecule has 0 radical (unpaired) electrons. The van der Waals surface area contributed by atoms with Gasteiger partial charge in [0.05, 0.1) is 57.3 Å². The molecule has 0 unspecified atom stereocenters. The Bertz CT molecular complexity index is 2320. The van der Waals surface area contributed by atoms with Gasteiger partial charge in [-0.3, -0.25) is 9.44 Å². The number of azo groups is 2. The lowest BCUT2D eigenvalue weighted by atomic mass is 10.1. The van der Waals surface area contributed by atoms with Crippen molar-refractivity contribution in [3.8, 4) is 22.9 Å². The lowest BCUT2D eigenvalue weighted by Gasteiger charge is -2.12. The molecule has 0 fully saturated rings. The van der Waals surface area contributed by atoms with Gasteiger partial charge in [0.1, 0.15) is 28.5 Å². The highest BCUT2D eigenvalue weighted by Crippen LogP contribution is 2.48. The van der Waals surface area contributed by atoms with Gasteiger partial charge in [0.2, 0.25) is 0 Å². The molecule has 4 rings (SSSR count). The first-order chi connectivity index (χ1) is 25.8. The predicted molar refractivity (Wildman–Crippen MR) is 193 cm³/mol. The number of benzene rings is 4. The van der Waals surface area contributed by atoms with Crippen LogP contribution in [-0.2, 0) is 48.2 Å². The summed E-state index contributed by atoms with van der Waals surface area (Å²) < 4.78 is 73.5. The number of nitrogens with two attached hydrogens (primary N) is 1. The molecule has 20 nitrogen and oxygen atoms in total. The van der Waals surface area contributed by atoms with Gasteiger partial charge in [0.15, 0.2) is 21.7 Å². The van der Waals surface area contributed by atoms with E-state index in [-0.39, 0.29) is 65.4 Å². The second-order valence-corrected chi connectivity index (χ2v) is 15.5. The first-order valence-electron chi connectivity index (χ1n) is 14.6. The fraction of sp³-hybridized carbons (Fsp3) is 0.172. The van der Waals surface area contributed by atoms with E-state index in [1.165, 1.54) is 55.6 Å². The zero-order valence-electron chi connectivity index (χ0n) is 27.5. The SMILES string of the molecule is CCCCS(=O)(=O)c1ccc(N=Nc2c(N)ccc3c(O)c(N=Nc4cc(SC#COOS(=O)(=O)O)ccc4OC)c(SOOO)cc23)c(SOOO)c1. The first-order valence-corrected chi connectivity index (χ1v) is 19.9. The van der Waals surface area contributed by atoms with Crippen LogP contribution in [0.3, 0.4) is 0 Å². The minimum atomic E-state index is -4.86. The summed E-state index contributed by atoms with van der Waals surface area (Å²) in [5.74, 6) is -0.268. The highest BCUT2D eigenvalue weighted by Gasteiger charge is 2.20. The second kappa shape index (κ2) is 19.9. The largest absolute Gasteiger partial charge is 0.505 e. The average molecular weight is 846 g/mol. The maximum atomic E-state index is 12.8. The van der Waals surface area contributed by atoms with Crippen molar-refractivity contribution in [1.82, 2.24) is 0 Å². The van der Waals surface area contributed by atoms with E-state index in [9.17, 15) is 21.9 Å². The third-order valence-corrected chi connectivity index (χ3v) is 10.6. The van der Waals surface area contributed by atoms with Crippen molar-refractivity contribution >= 4 is 95.3 Å². The number of anilines is 1. The minimum Gasteiger partial charge on any atom is -0.505 e. The third kappa shape index (κ3) is 11.6. The maximum absolute atomic E-state index is 12.8. The zero-order chi connectivity index (χ0) is 39.3. The van der Waals surface area contributed by atoms with Gasteiger partial charge >= 0.3 is 10.4 Å². The Morgan fingerprint density at radius 3 is 2.22 bits per heavy atom. The Morgan fingerprint density at radius 2 is 1.54 bits per heavy atom. The standard InChI is InChI=1S/C29H27N5O15S5/c1-3-4-13-53(38,39)18-6-9-22(25(15-18)51-47-45-36)31-33-27-20-16-26(52-48-46-37)28(29(35)19(20)7-8-21(27)30)34-32-23-14-17(5-10-24(23)43-2)50-12-11-44-49-54(40,41)42/h5-10,14-16,35-37H,3-4,13,30H2,1-2H3,(H,40,41,42). The lowest BCUT2D eigenvalue weighted by molar-refractivity contribution is -0.432.